The van der Waals surface area contributed by atoms with Gasteiger partial charge in [-0.25, -0.2) is 0 Å². The zero-order valence-electron chi connectivity index (χ0n) is 14.9. The number of hydrogen-bond acceptors (Lipinski definition) is 4. The highest BCUT2D eigenvalue weighted by molar-refractivity contribution is 6.01. The first-order valence-corrected chi connectivity index (χ1v) is 9.47. The van der Waals surface area contributed by atoms with Gasteiger partial charge in [-0.15, -0.1) is 0 Å². The third-order valence-corrected chi connectivity index (χ3v) is 5.67. The Hall–Kier alpha value is -1.06. The Kier molecular flexibility index (Phi) is 6.49. The molecule has 1 aliphatic heterocycles. The molecule has 2 atom stereocenters. The fourth-order valence-electron chi connectivity index (χ4n) is 3.96. The molecule has 0 bridgehead atoms. The Morgan fingerprint density at radius 2 is 1.48 bits per heavy atom. The van der Waals surface area contributed by atoms with Crippen molar-refractivity contribution < 1.29 is 19.1 Å². The van der Waals surface area contributed by atoms with Crippen molar-refractivity contribution in [3.63, 3.8) is 0 Å². The lowest BCUT2D eigenvalue weighted by molar-refractivity contribution is -0.239. The third kappa shape index (κ3) is 3.89. The number of carbonyl (C=O) groups is 2. The van der Waals surface area contributed by atoms with Crippen LogP contribution in [0.4, 0.5) is 0 Å². The van der Waals surface area contributed by atoms with Crippen LogP contribution < -0.4 is 0 Å². The number of carbonyl (C=O) groups excluding carboxylic acids is 2. The lowest BCUT2D eigenvalue weighted by Gasteiger charge is -2.41. The first-order chi connectivity index (χ1) is 11.0. The van der Waals surface area contributed by atoms with E-state index < -0.39 is 11.7 Å². The molecule has 0 amide bonds. The molecule has 1 saturated heterocycles. The maximum Gasteiger partial charge on any atom is 0.326 e. The molecule has 0 aromatic rings. The lowest BCUT2D eigenvalue weighted by Crippen LogP contribution is -2.53. The average Bonchev–Trinajstić information content (AvgIpc) is 2.54. The quantitative estimate of drug-likeness (QED) is 0.507. The highest BCUT2D eigenvalue weighted by atomic mass is 16.7. The molecule has 4 nitrogen and oxygen atoms in total. The van der Waals surface area contributed by atoms with Crippen LogP contribution in [0.3, 0.4) is 0 Å². The van der Waals surface area contributed by atoms with Crippen LogP contribution in [0.1, 0.15) is 85.0 Å². The smallest absolute Gasteiger partial charge is 0.326 e. The Bertz CT molecular complexity index is 390. The van der Waals surface area contributed by atoms with E-state index in [0.29, 0.717) is 18.8 Å². The Morgan fingerprint density at radius 3 is 1.96 bits per heavy atom. The molecular formula is C19H32O4. The van der Waals surface area contributed by atoms with Crippen LogP contribution in [0.2, 0.25) is 0 Å². The van der Waals surface area contributed by atoms with Gasteiger partial charge in [0.15, 0.2) is 5.41 Å². The number of esters is 2. The molecule has 0 aromatic heterocycles. The van der Waals surface area contributed by atoms with Gasteiger partial charge in [-0.05, 0) is 25.2 Å². The molecule has 1 saturated carbocycles. The van der Waals surface area contributed by atoms with Crippen molar-refractivity contribution >= 4 is 11.9 Å². The average molecular weight is 324 g/mol. The van der Waals surface area contributed by atoms with Gasteiger partial charge in [0.05, 0.1) is 0 Å². The van der Waals surface area contributed by atoms with E-state index in [0.717, 1.165) is 44.9 Å². The zero-order chi connectivity index (χ0) is 16.9. The molecule has 2 aliphatic rings. The van der Waals surface area contributed by atoms with Gasteiger partial charge in [0, 0.05) is 5.92 Å². The predicted octanol–water partition coefficient (Wildman–Crippen LogP) is 4.61. The monoisotopic (exact) mass is 324 g/mol. The minimum Gasteiger partial charge on any atom is -0.424 e. The SMILES string of the molecule is CCCCC1(CCCC)C(=O)OC(C2CCCCC2C)OC1=O. The van der Waals surface area contributed by atoms with E-state index in [4.69, 9.17) is 9.47 Å². The van der Waals surface area contributed by atoms with Gasteiger partial charge in [0.25, 0.3) is 6.29 Å². The van der Waals surface area contributed by atoms with E-state index in [2.05, 4.69) is 20.8 Å². The second kappa shape index (κ2) is 8.16. The molecule has 132 valence electrons. The van der Waals surface area contributed by atoms with Crippen LogP contribution in [0.5, 0.6) is 0 Å². The fourth-order valence-corrected chi connectivity index (χ4v) is 3.96. The summed E-state index contributed by atoms with van der Waals surface area (Å²) in [5.41, 5.74) is -1.06. The zero-order valence-corrected chi connectivity index (χ0v) is 14.9. The molecule has 2 unspecified atom stereocenters. The van der Waals surface area contributed by atoms with E-state index in [-0.39, 0.29) is 17.9 Å². The highest BCUT2D eigenvalue weighted by Gasteiger charge is 2.54. The molecule has 4 heteroatoms. The summed E-state index contributed by atoms with van der Waals surface area (Å²) in [6.07, 6.45) is 8.46. The van der Waals surface area contributed by atoms with Gasteiger partial charge in [0.1, 0.15) is 0 Å². The van der Waals surface area contributed by atoms with Crippen LogP contribution in [-0.2, 0) is 19.1 Å². The van der Waals surface area contributed by atoms with E-state index in [1.807, 2.05) is 0 Å². The topological polar surface area (TPSA) is 52.6 Å². The van der Waals surface area contributed by atoms with Crippen LogP contribution in [0.25, 0.3) is 0 Å². The van der Waals surface area contributed by atoms with Gasteiger partial charge in [0.2, 0.25) is 0 Å². The van der Waals surface area contributed by atoms with E-state index in [1.54, 1.807) is 0 Å². The fraction of sp³-hybridized carbons (Fsp3) is 0.895. The number of hydrogen-bond donors (Lipinski definition) is 0. The summed E-state index contributed by atoms with van der Waals surface area (Å²) < 4.78 is 11.4. The minimum atomic E-state index is -1.06. The standard InChI is InChI=1S/C19H32O4/c1-4-6-12-19(13-7-5-2)17(20)22-16(23-18(19)21)15-11-9-8-10-14(15)3/h14-16H,4-13H2,1-3H3. The molecule has 2 rings (SSSR count). The first-order valence-electron chi connectivity index (χ1n) is 9.47. The lowest BCUT2D eigenvalue weighted by atomic mass is 9.76. The maximum atomic E-state index is 12.8. The largest absolute Gasteiger partial charge is 0.424 e. The van der Waals surface area contributed by atoms with E-state index >= 15 is 0 Å². The molecule has 2 fully saturated rings. The predicted molar refractivity (Wildman–Crippen MR) is 88.6 cm³/mol. The summed E-state index contributed by atoms with van der Waals surface area (Å²) in [5.74, 6) is -0.0722. The second-order valence-electron chi connectivity index (χ2n) is 7.39. The second-order valence-corrected chi connectivity index (χ2v) is 7.39. The number of rotatable bonds is 7. The number of ether oxygens (including phenoxy) is 2. The summed E-state index contributed by atoms with van der Waals surface area (Å²) in [6.45, 7) is 6.31. The summed E-state index contributed by atoms with van der Waals surface area (Å²) in [5, 5.41) is 0. The molecule has 0 aromatic carbocycles. The molecule has 1 aliphatic carbocycles. The summed E-state index contributed by atoms with van der Waals surface area (Å²) in [6, 6.07) is 0. The van der Waals surface area contributed by atoms with Crippen molar-refractivity contribution in [2.24, 2.45) is 17.3 Å². The van der Waals surface area contributed by atoms with Crippen LogP contribution >= 0.6 is 0 Å². The summed E-state index contributed by atoms with van der Waals surface area (Å²) >= 11 is 0. The van der Waals surface area contributed by atoms with Gasteiger partial charge in [-0.1, -0.05) is 65.7 Å². The number of cyclic esters (lactones) is 2. The normalized spacial score (nSPS) is 28.3. The van der Waals surface area contributed by atoms with Crippen molar-refractivity contribution in [3.8, 4) is 0 Å². The highest BCUT2D eigenvalue weighted by Crippen LogP contribution is 2.42. The molecule has 0 radical (unpaired) electrons. The van der Waals surface area contributed by atoms with Gasteiger partial charge in [-0.2, -0.15) is 0 Å². The Balaban J connectivity index is 2.12. The third-order valence-electron chi connectivity index (χ3n) is 5.67. The van der Waals surface area contributed by atoms with Crippen molar-refractivity contribution in [1.82, 2.24) is 0 Å². The van der Waals surface area contributed by atoms with Gasteiger partial charge < -0.3 is 9.47 Å². The van der Waals surface area contributed by atoms with E-state index in [1.165, 1.54) is 6.42 Å². The van der Waals surface area contributed by atoms with Crippen molar-refractivity contribution in [1.29, 1.82) is 0 Å². The van der Waals surface area contributed by atoms with Crippen molar-refractivity contribution in [3.05, 3.63) is 0 Å². The molecular weight excluding hydrogens is 292 g/mol. The summed E-state index contributed by atoms with van der Waals surface area (Å²) in [7, 11) is 0. The van der Waals surface area contributed by atoms with Crippen LogP contribution in [0, 0.1) is 17.3 Å². The number of unbranched alkanes of at least 4 members (excludes halogenated alkanes) is 2. The minimum absolute atomic E-state index is 0.159. The van der Waals surface area contributed by atoms with Crippen molar-refractivity contribution in [2.75, 3.05) is 0 Å². The van der Waals surface area contributed by atoms with Crippen molar-refractivity contribution in [2.45, 2.75) is 91.3 Å². The van der Waals surface area contributed by atoms with E-state index in [9.17, 15) is 9.59 Å². The molecule has 23 heavy (non-hydrogen) atoms. The molecule has 0 spiro atoms. The van der Waals surface area contributed by atoms with Crippen LogP contribution in [0.15, 0.2) is 0 Å². The van der Waals surface area contributed by atoms with Crippen LogP contribution in [-0.4, -0.2) is 18.2 Å². The first kappa shape index (κ1) is 18.3. The maximum absolute atomic E-state index is 12.8. The summed E-state index contributed by atoms with van der Waals surface area (Å²) in [4.78, 5) is 25.6. The van der Waals surface area contributed by atoms with Gasteiger partial charge in [-0.3, -0.25) is 9.59 Å². The molecule has 0 N–H and O–H groups in total. The molecule has 1 heterocycles. The Morgan fingerprint density at radius 1 is 0.957 bits per heavy atom. The van der Waals surface area contributed by atoms with Gasteiger partial charge >= 0.3 is 11.9 Å². The Labute approximate surface area is 140 Å².